The van der Waals surface area contributed by atoms with E-state index in [2.05, 4.69) is 4.90 Å². The van der Waals surface area contributed by atoms with Crippen molar-refractivity contribution in [1.82, 2.24) is 4.90 Å². The Labute approximate surface area is 145 Å². The lowest BCUT2D eigenvalue weighted by molar-refractivity contribution is -0.123. The number of piperidine rings is 1. The molecule has 0 bridgehead atoms. The zero-order valence-electron chi connectivity index (χ0n) is 13.9. The van der Waals surface area contributed by atoms with Crippen LogP contribution in [0.2, 0.25) is 0 Å². The number of fused-ring (bicyclic) bond motifs is 3. The van der Waals surface area contributed by atoms with E-state index in [1.54, 1.807) is 6.07 Å². The number of benzene rings is 2. The molecule has 1 aromatic heterocycles. The Bertz CT molecular complexity index is 1010. The van der Waals surface area contributed by atoms with Gasteiger partial charge in [0.1, 0.15) is 5.58 Å². The van der Waals surface area contributed by atoms with Gasteiger partial charge in [-0.1, -0.05) is 30.3 Å². The van der Waals surface area contributed by atoms with Crippen LogP contribution in [0.15, 0.2) is 51.7 Å². The number of carbonyl (C=O) groups is 1. The van der Waals surface area contributed by atoms with Gasteiger partial charge in [0.2, 0.25) is 5.91 Å². The molecule has 1 fully saturated rings. The summed E-state index contributed by atoms with van der Waals surface area (Å²) in [5.74, 6) is -0.357. The second-order valence-corrected chi connectivity index (χ2v) is 6.73. The first-order valence-electron chi connectivity index (χ1n) is 8.58. The third-order valence-corrected chi connectivity index (χ3v) is 5.02. The molecule has 0 spiro atoms. The highest BCUT2D eigenvalue weighted by Crippen LogP contribution is 2.29. The molecule has 2 N–H and O–H groups in total. The Morgan fingerprint density at radius 2 is 2.08 bits per heavy atom. The number of carbonyl (C=O) groups excluding carboxylic acids is 1. The summed E-state index contributed by atoms with van der Waals surface area (Å²) in [6, 6.07) is 13.5. The predicted octanol–water partition coefficient (Wildman–Crippen LogP) is 2.64. The Hall–Kier alpha value is -2.66. The normalized spacial score (nSPS) is 18.6. The molecule has 5 heteroatoms. The molecule has 4 rings (SSSR count). The van der Waals surface area contributed by atoms with E-state index in [9.17, 15) is 9.59 Å². The molecule has 0 unspecified atom stereocenters. The zero-order valence-corrected chi connectivity index (χ0v) is 13.9. The first-order valence-corrected chi connectivity index (χ1v) is 8.58. The van der Waals surface area contributed by atoms with Crippen molar-refractivity contribution in [1.29, 1.82) is 0 Å². The topological polar surface area (TPSA) is 76.5 Å². The van der Waals surface area contributed by atoms with Crippen LogP contribution in [-0.2, 0) is 11.3 Å². The van der Waals surface area contributed by atoms with Crippen molar-refractivity contribution in [2.45, 2.75) is 19.4 Å². The molecule has 0 radical (unpaired) electrons. The van der Waals surface area contributed by atoms with Gasteiger partial charge in [-0.25, -0.2) is 4.79 Å². The van der Waals surface area contributed by atoms with Gasteiger partial charge < -0.3 is 10.2 Å². The van der Waals surface area contributed by atoms with Crippen LogP contribution in [0.5, 0.6) is 0 Å². The van der Waals surface area contributed by atoms with Gasteiger partial charge in [-0.2, -0.15) is 0 Å². The Morgan fingerprint density at radius 3 is 2.92 bits per heavy atom. The minimum Gasteiger partial charge on any atom is -0.423 e. The molecule has 3 aromatic rings. The highest BCUT2D eigenvalue weighted by atomic mass is 16.4. The maximum absolute atomic E-state index is 12.0. The maximum Gasteiger partial charge on any atom is 0.336 e. The number of hydrogen-bond donors (Lipinski definition) is 1. The lowest BCUT2D eigenvalue weighted by Gasteiger charge is -2.31. The number of nitrogens with zero attached hydrogens (tertiary/aromatic N) is 1. The van der Waals surface area contributed by atoms with Gasteiger partial charge in [0.25, 0.3) is 0 Å². The fourth-order valence-electron chi connectivity index (χ4n) is 3.82. The minimum absolute atomic E-state index is 0.114. The fraction of sp³-hybridized carbons (Fsp3) is 0.300. The monoisotopic (exact) mass is 336 g/mol. The van der Waals surface area contributed by atoms with Crippen LogP contribution in [0, 0.1) is 5.92 Å². The fourth-order valence-corrected chi connectivity index (χ4v) is 3.82. The summed E-state index contributed by atoms with van der Waals surface area (Å²) < 4.78 is 5.41. The van der Waals surface area contributed by atoms with E-state index in [0.29, 0.717) is 18.7 Å². The summed E-state index contributed by atoms with van der Waals surface area (Å²) in [6.07, 6.45) is 1.78. The largest absolute Gasteiger partial charge is 0.423 e. The minimum atomic E-state index is -0.346. The van der Waals surface area contributed by atoms with Gasteiger partial charge in [0.15, 0.2) is 0 Å². The Kier molecular flexibility index (Phi) is 4.01. The van der Waals surface area contributed by atoms with E-state index in [4.69, 9.17) is 10.2 Å². The molecule has 1 atom stereocenters. The third-order valence-electron chi connectivity index (χ3n) is 5.02. The Morgan fingerprint density at radius 1 is 1.24 bits per heavy atom. The molecule has 2 aromatic carbocycles. The zero-order chi connectivity index (χ0) is 17.4. The van der Waals surface area contributed by atoms with Crippen LogP contribution in [-0.4, -0.2) is 23.9 Å². The molecule has 25 heavy (non-hydrogen) atoms. The summed E-state index contributed by atoms with van der Waals surface area (Å²) in [4.78, 5) is 25.7. The van der Waals surface area contributed by atoms with Crippen LogP contribution in [0.25, 0.3) is 21.7 Å². The summed E-state index contributed by atoms with van der Waals surface area (Å²) in [5, 5.41) is 3.15. The van der Waals surface area contributed by atoms with Crippen molar-refractivity contribution in [3.8, 4) is 0 Å². The van der Waals surface area contributed by atoms with Crippen molar-refractivity contribution in [2.75, 3.05) is 13.1 Å². The number of rotatable bonds is 3. The average Bonchev–Trinajstić information content (AvgIpc) is 2.61. The maximum atomic E-state index is 12.0. The summed E-state index contributed by atoms with van der Waals surface area (Å²) in [7, 11) is 0. The number of amides is 1. The van der Waals surface area contributed by atoms with Crippen LogP contribution in [0.1, 0.15) is 18.4 Å². The quantitative estimate of drug-likeness (QED) is 0.589. The molecule has 0 saturated carbocycles. The molecule has 5 nitrogen and oxygen atoms in total. The molecule has 1 aliphatic heterocycles. The number of primary amides is 1. The van der Waals surface area contributed by atoms with Gasteiger partial charge in [0, 0.05) is 24.5 Å². The van der Waals surface area contributed by atoms with Gasteiger partial charge >= 0.3 is 5.63 Å². The van der Waals surface area contributed by atoms with E-state index in [1.807, 2.05) is 36.4 Å². The molecule has 1 saturated heterocycles. The molecule has 1 amide bonds. The summed E-state index contributed by atoms with van der Waals surface area (Å²) in [5.41, 5.74) is 6.67. The first kappa shape index (κ1) is 15.8. The SMILES string of the molecule is NC(=O)[C@H]1CCCN(Cc2cc(=O)oc3ccc4ccccc4c23)C1. The van der Waals surface area contributed by atoms with Gasteiger partial charge in [-0.05, 0) is 41.8 Å². The third kappa shape index (κ3) is 3.03. The first-order chi connectivity index (χ1) is 12.1. The van der Waals surface area contributed by atoms with Crippen molar-refractivity contribution in [3.05, 3.63) is 58.4 Å². The molecule has 0 aliphatic carbocycles. The molecule has 128 valence electrons. The van der Waals surface area contributed by atoms with E-state index in [0.717, 1.165) is 41.1 Å². The highest BCUT2D eigenvalue weighted by Gasteiger charge is 2.24. The average molecular weight is 336 g/mol. The van der Waals surface area contributed by atoms with Crippen molar-refractivity contribution < 1.29 is 9.21 Å². The molecule has 2 heterocycles. The second-order valence-electron chi connectivity index (χ2n) is 6.73. The van der Waals surface area contributed by atoms with Crippen LogP contribution < -0.4 is 11.4 Å². The number of nitrogens with two attached hydrogens (primary N) is 1. The lowest BCUT2D eigenvalue weighted by atomic mass is 9.96. The summed E-state index contributed by atoms with van der Waals surface area (Å²) in [6.45, 7) is 2.15. The van der Waals surface area contributed by atoms with E-state index < -0.39 is 0 Å². The highest BCUT2D eigenvalue weighted by molar-refractivity contribution is 6.07. The smallest absolute Gasteiger partial charge is 0.336 e. The van der Waals surface area contributed by atoms with Crippen LogP contribution in [0.3, 0.4) is 0 Å². The van der Waals surface area contributed by atoms with Crippen molar-refractivity contribution in [3.63, 3.8) is 0 Å². The summed E-state index contributed by atoms with van der Waals surface area (Å²) >= 11 is 0. The standard InChI is InChI=1S/C20H20N2O3/c21-20(24)14-5-3-9-22(11-14)12-15-10-18(23)25-17-8-7-13-4-1-2-6-16(13)19(15)17/h1-2,4,6-8,10,14H,3,5,9,11-12H2,(H2,21,24)/t14-/m0/s1. The van der Waals surface area contributed by atoms with Crippen molar-refractivity contribution in [2.24, 2.45) is 11.7 Å². The van der Waals surface area contributed by atoms with E-state index in [1.165, 1.54) is 0 Å². The molecular formula is C20H20N2O3. The van der Waals surface area contributed by atoms with Crippen molar-refractivity contribution >= 4 is 27.6 Å². The van der Waals surface area contributed by atoms with Crippen LogP contribution in [0.4, 0.5) is 0 Å². The predicted molar refractivity (Wildman–Crippen MR) is 97.2 cm³/mol. The second kappa shape index (κ2) is 6.33. The van der Waals surface area contributed by atoms with Crippen LogP contribution >= 0.6 is 0 Å². The van der Waals surface area contributed by atoms with Gasteiger partial charge in [0.05, 0.1) is 5.92 Å². The lowest BCUT2D eigenvalue weighted by Crippen LogP contribution is -2.40. The number of hydrogen-bond acceptors (Lipinski definition) is 4. The van der Waals surface area contributed by atoms with Gasteiger partial charge in [-0.3, -0.25) is 9.69 Å². The van der Waals surface area contributed by atoms with E-state index in [-0.39, 0.29) is 17.5 Å². The molecule has 1 aliphatic rings. The Balaban J connectivity index is 1.79. The van der Waals surface area contributed by atoms with E-state index >= 15 is 0 Å². The van der Waals surface area contributed by atoms with Gasteiger partial charge in [-0.15, -0.1) is 0 Å². The molecular weight excluding hydrogens is 316 g/mol. The number of likely N-dealkylation sites (tertiary alicyclic amines) is 1.